The summed E-state index contributed by atoms with van der Waals surface area (Å²) in [5, 5.41) is 3.38. The first-order chi connectivity index (χ1) is 7.21. The van der Waals surface area contributed by atoms with Crippen LogP contribution in [0, 0.1) is 5.92 Å². The highest BCUT2D eigenvalue weighted by atomic mass is 35.5. The second kappa shape index (κ2) is 6.51. The predicted molar refractivity (Wildman–Crippen MR) is 69.8 cm³/mol. The zero-order valence-electron chi connectivity index (χ0n) is 9.72. The van der Waals surface area contributed by atoms with Crippen molar-refractivity contribution in [3.63, 3.8) is 0 Å². The third kappa shape index (κ3) is 3.78. The maximum Gasteiger partial charge on any atom is 0.0931 e. The first kappa shape index (κ1) is 13.0. The van der Waals surface area contributed by atoms with Gasteiger partial charge in [-0.1, -0.05) is 38.3 Å². The Balaban J connectivity index is 2.63. The van der Waals surface area contributed by atoms with Crippen molar-refractivity contribution in [3.05, 3.63) is 21.3 Å². The van der Waals surface area contributed by atoms with E-state index in [1.807, 2.05) is 13.1 Å². The van der Waals surface area contributed by atoms with Gasteiger partial charge in [-0.25, -0.2) is 0 Å². The van der Waals surface area contributed by atoms with Crippen LogP contribution in [0.15, 0.2) is 12.1 Å². The molecule has 1 atom stereocenters. The van der Waals surface area contributed by atoms with Gasteiger partial charge < -0.3 is 5.32 Å². The van der Waals surface area contributed by atoms with E-state index in [0.717, 1.165) is 10.3 Å². The topological polar surface area (TPSA) is 12.0 Å². The standard InChI is InChI=1S/C12H20ClNS/c1-4-9(5-2)8-10(14-3)11-6-7-12(13)15-11/h6-7,9-10,14H,4-5,8H2,1-3H3. The molecule has 3 heteroatoms. The van der Waals surface area contributed by atoms with Crippen molar-refractivity contribution in [3.8, 4) is 0 Å². The van der Waals surface area contributed by atoms with Gasteiger partial charge in [0.15, 0.2) is 0 Å². The number of hydrogen-bond donors (Lipinski definition) is 1. The zero-order valence-corrected chi connectivity index (χ0v) is 11.3. The number of halogens is 1. The van der Waals surface area contributed by atoms with E-state index in [-0.39, 0.29) is 0 Å². The third-order valence-electron chi connectivity index (χ3n) is 3.01. The molecule has 1 nitrogen and oxygen atoms in total. The molecule has 0 spiro atoms. The molecular weight excluding hydrogens is 226 g/mol. The number of thiophene rings is 1. The highest BCUT2D eigenvalue weighted by Crippen LogP contribution is 2.31. The maximum absolute atomic E-state index is 5.96. The van der Waals surface area contributed by atoms with Crippen molar-refractivity contribution in [2.45, 2.75) is 39.2 Å². The van der Waals surface area contributed by atoms with E-state index in [9.17, 15) is 0 Å². The fourth-order valence-corrected chi connectivity index (χ4v) is 3.03. The molecule has 86 valence electrons. The van der Waals surface area contributed by atoms with Crippen LogP contribution < -0.4 is 5.32 Å². The molecule has 0 fully saturated rings. The molecule has 1 unspecified atom stereocenters. The minimum absolute atomic E-state index is 0.465. The van der Waals surface area contributed by atoms with Gasteiger partial charge in [0.2, 0.25) is 0 Å². The van der Waals surface area contributed by atoms with Crippen LogP contribution in [0.1, 0.15) is 44.0 Å². The van der Waals surface area contributed by atoms with Crippen LogP contribution in [0.2, 0.25) is 4.34 Å². The first-order valence-corrected chi connectivity index (χ1v) is 6.83. The molecular formula is C12H20ClNS. The van der Waals surface area contributed by atoms with Gasteiger partial charge in [0.25, 0.3) is 0 Å². The van der Waals surface area contributed by atoms with Gasteiger partial charge in [0.1, 0.15) is 0 Å². The second-order valence-electron chi connectivity index (χ2n) is 3.90. The average molecular weight is 246 g/mol. The van der Waals surface area contributed by atoms with E-state index in [4.69, 9.17) is 11.6 Å². The van der Waals surface area contributed by atoms with Crippen molar-refractivity contribution in [1.29, 1.82) is 0 Å². The number of nitrogens with one attached hydrogen (secondary N) is 1. The summed E-state index contributed by atoms with van der Waals surface area (Å²) in [4.78, 5) is 1.36. The summed E-state index contributed by atoms with van der Waals surface area (Å²) >= 11 is 7.64. The average Bonchev–Trinajstić information content (AvgIpc) is 2.67. The molecule has 15 heavy (non-hydrogen) atoms. The minimum atomic E-state index is 0.465. The largest absolute Gasteiger partial charge is 0.312 e. The van der Waals surface area contributed by atoms with Crippen molar-refractivity contribution in [2.24, 2.45) is 5.92 Å². The quantitative estimate of drug-likeness (QED) is 0.779. The van der Waals surface area contributed by atoms with Crippen LogP contribution in [0.25, 0.3) is 0 Å². The molecule has 0 amide bonds. The monoisotopic (exact) mass is 245 g/mol. The van der Waals surface area contributed by atoms with Gasteiger partial charge >= 0.3 is 0 Å². The molecule has 1 N–H and O–H groups in total. The molecule has 0 aromatic carbocycles. The summed E-state index contributed by atoms with van der Waals surface area (Å²) in [6.45, 7) is 4.53. The molecule has 0 aliphatic rings. The van der Waals surface area contributed by atoms with Crippen molar-refractivity contribution >= 4 is 22.9 Å². The summed E-state index contributed by atoms with van der Waals surface area (Å²) in [6, 6.07) is 4.59. The normalized spacial score (nSPS) is 13.4. The summed E-state index contributed by atoms with van der Waals surface area (Å²) in [5.74, 6) is 0.809. The Bertz CT molecular complexity index is 281. The van der Waals surface area contributed by atoms with Crippen LogP contribution in [0.5, 0.6) is 0 Å². The minimum Gasteiger partial charge on any atom is -0.312 e. The Morgan fingerprint density at radius 3 is 2.40 bits per heavy atom. The lowest BCUT2D eigenvalue weighted by Crippen LogP contribution is -2.18. The van der Waals surface area contributed by atoms with Crippen LogP contribution in [0.3, 0.4) is 0 Å². The van der Waals surface area contributed by atoms with E-state index in [2.05, 4.69) is 25.2 Å². The molecule has 0 aliphatic carbocycles. The fourth-order valence-electron chi connectivity index (χ4n) is 1.85. The van der Waals surface area contributed by atoms with E-state index >= 15 is 0 Å². The molecule has 1 aromatic heterocycles. The van der Waals surface area contributed by atoms with Crippen LogP contribution in [0.4, 0.5) is 0 Å². The fraction of sp³-hybridized carbons (Fsp3) is 0.667. The Morgan fingerprint density at radius 1 is 1.33 bits per heavy atom. The molecule has 1 rings (SSSR count). The van der Waals surface area contributed by atoms with Gasteiger partial charge in [0.05, 0.1) is 4.34 Å². The molecule has 0 saturated heterocycles. The molecule has 1 aromatic rings. The van der Waals surface area contributed by atoms with Crippen LogP contribution >= 0.6 is 22.9 Å². The maximum atomic E-state index is 5.96. The molecule has 0 bridgehead atoms. The van der Waals surface area contributed by atoms with E-state index in [1.165, 1.54) is 24.1 Å². The highest BCUT2D eigenvalue weighted by Gasteiger charge is 2.15. The summed E-state index contributed by atoms with van der Waals surface area (Å²) in [7, 11) is 2.03. The lowest BCUT2D eigenvalue weighted by atomic mass is 9.94. The Hall–Kier alpha value is -0.0500. The summed E-state index contributed by atoms with van der Waals surface area (Å²) < 4.78 is 0.884. The Morgan fingerprint density at radius 2 is 2.00 bits per heavy atom. The van der Waals surface area contributed by atoms with Gasteiger partial charge in [-0.15, -0.1) is 11.3 Å². The summed E-state index contributed by atoms with van der Waals surface area (Å²) in [6.07, 6.45) is 3.72. The highest BCUT2D eigenvalue weighted by molar-refractivity contribution is 7.16. The molecule has 0 aliphatic heterocycles. The molecule has 0 saturated carbocycles. The van der Waals surface area contributed by atoms with Crippen LogP contribution in [-0.4, -0.2) is 7.05 Å². The predicted octanol–water partition coefficient (Wildman–Crippen LogP) is 4.49. The van der Waals surface area contributed by atoms with Gasteiger partial charge in [-0.2, -0.15) is 0 Å². The van der Waals surface area contributed by atoms with Crippen molar-refractivity contribution in [1.82, 2.24) is 5.32 Å². The van der Waals surface area contributed by atoms with Gasteiger partial charge in [-0.05, 0) is 31.5 Å². The number of rotatable bonds is 6. The Labute approximate surface area is 102 Å². The number of hydrogen-bond acceptors (Lipinski definition) is 2. The molecule has 1 heterocycles. The zero-order chi connectivity index (χ0) is 11.3. The molecule has 0 radical (unpaired) electrons. The van der Waals surface area contributed by atoms with E-state index in [0.29, 0.717) is 6.04 Å². The lowest BCUT2D eigenvalue weighted by molar-refractivity contribution is 0.388. The smallest absolute Gasteiger partial charge is 0.0931 e. The first-order valence-electron chi connectivity index (χ1n) is 5.63. The lowest BCUT2D eigenvalue weighted by Gasteiger charge is -2.20. The van der Waals surface area contributed by atoms with Crippen molar-refractivity contribution in [2.75, 3.05) is 7.05 Å². The van der Waals surface area contributed by atoms with Gasteiger partial charge in [0, 0.05) is 10.9 Å². The second-order valence-corrected chi connectivity index (χ2v) is 5.65. The van der Waals surface area contributed by atoms with Crippen molar-refractivity contribution < 1.29 is 0 Å². The van der Waals surface area contributed by atoms with Gasteiger partial charge in [-0.3, -0.25) is 0 Å². The van der Waals surface area contributed by atoms with E-state index in [1.54, 1.807) is 11.3 Å². The Kier molecular flexibility index (Phi) is 5.65. The summed E-state index contributed by atoms with van der Waals surface area (Å²) in [5.41, 5.74) is 0. The SMILES string of the molecule is CCC(CC)CC(NC)c1ccc(Cl)s1. The van der Waals surface area contributed by atoms with Crippen LogP contribution in [-0.2, 0) is 0 Å². The van der Waals surface area contributed by atoms with E-state index < -0.39 is 0 Å². The third-order valence-corrected chi connectivity index (χ3v) is 4.35.